The van der Waals surface area contributed by atoms with Crippen molar-refractivity contribution < 1.29 is 18.7 Å². The number of hydrogen-bond donors (Lipinski definition) is 0. The topological polar surface area (TPSA) is 102 Å². The van der Waals surface area contributed by atoms with Crippen LogP contribution in [0.15, 0.2) is 35.2 Å². The second-order valence-electron chi connectivity index (χ2n) is 7.87. The van der Waals surface area contributed by atoms with Crippen LogP contribution in [0.2, 0.25) is 0 Å². The molecule has 0 spiro atoms. The van der Waals surface area contributed by atoms with Gasteiger partial charge in [0.2, 0.25) is 11.7 Å². The van der Waals surface area contributed by atoms with Crippen molar-refractivity contribution in [1.82, 2.24) is 29.5 Å². The quantitative estimate of drug-likeness (QED) is 0.316. The fourth-order valence-corrected chi connectivity index (χ4v) is 4.07. The standard InChI is InChI=1S/C23H26N6O4/c1-28-13-15-11-19-22(23-25-20(33-27-23)7-10-32-9-4-8-30-2)24-14-29(19)18-6-5-16(31-3)12-17(18)21(15)26-28/h5-6,12-14H,4,7-11H2,1-3H3. The van der Waals surface area contributed by atoms with E-state index in [2.05, 4.69) is 19.7 Å². The average molecular weight is 450 g/mol. The Morgan fingerprint density at radius 1 is 1.12 bits per heavy atom. The maximum absolute atomic E-state index is 5.60. The molecule has 0 N–H and O–H groups in total. The molecule has 10 nitrogen and oxygen atoms in total. The molecular formula is C23H26N6O4. The van der Waals surface area contributed by atoms with Crippen molar-refractivity contribution in [3.05, 3.63) is 47.9 Å². The van der Waals surface area contributed by atoms with Gasteiger partial charge in [-0.15, -0.1) is 0 Å². The summed E-state index contributed by atoms with van der Waals surface area (Å²) in [7, 11) is 5.27. The van der Waals surface area contributed by atoms with Crippen LogP contribution in [-0.2, 0) is 29.4 Å². The first-order chi connectivity index (χ1) is 16.2. The van der Waals surface area contributed by atoms with Crippen LogP contribution in [0.5, 0.6) is 5.75 Å². The number of ether oxygens (including phenoxy) is 3. The summed E-state index contributed by atoms with van der Waals surface area (Å²) in [5, 5.41) is 8.91. The molecule has 3 aromatic heterocycles. The molecule has 1 aliphatic rings. The molecule has 0 amide bonds. The van der Waals surface area contributed by atoms with Crippen molar-refractivity contribution in [1.29, 1.82) is 0 Å². The summed E-state index contributed by atoms with van der Waals surface area (Å²) in [6.07, 6.45) is 5.88. The third kappa shape index (κ3) is 4.14. The highest BCUT2D eigenvalue weighted by atomic mass is 16.5. The normalized spacial score (nSPS) is 12.2. The van der Waals surface area contributed by atoms with E-state index in [9.17, 15) is 0 Å². The molecule has 0 bridgehead atoms. The molecule has 172 valence electrons. The molecule has 0 fully saturated rings. The van der Waals surface area contributed by atoms with E-state index in [0.717, 1.165) is 40.4 Å². The van der Waals surface area contributed by atoms with Gasteiger partial charge in [-0.1, -0.05) is 5.16 Å². The van der Waals surface area contributed by atoms with Crippen molar-refractivity contribution >= 4 is 0 Å². The monoisotopic (exact) mass is 450 g/mol. The van der Waals surface area contributed by atoms with E-state index in [-0.39, 0.29) is 0 Å². The summed E-state index contributed by atoms with van der Waals surface area (Å²) in [5.41, 5.74) is 5.68. The molecular weight excluding hydrogens is 424 g/mol. The zero-order valence-corrected chi connectivity index (χ0v) is 18.9. The number of rotatable bonds is 9. The van der Waals surface area contributed by atoms with E-state index in [1.807, 2.05) is 36.1 Å². The minimum atomic E-state index is 0.473. The lowest BCUT2D eigenvalue weighted by molar-refractivity contribution is 0.101. The Morgan fingerprint density at radius 2 is 2.03 bits per heavy atom. The Hall–Kier alpha value is -3.50. The van der Waals surface area contributed by atoms with Crippen LogP contribution in [0, 0.1) is 0 Å². The number of benzene rings is 1. The van der Waals surface area contributed by atoms with Crippen molar-refractivity contribution in [2.45, 2.75) is 19.3 Å². The van der Waals surface area contributed by atoms with Crippen LogP contribution in [0.25, 0.3) is 28.5 Å². The highest BCUT2D eigenvalue weighted by Gasteiger charge is 2.27. The van der Waals surface area contributed by atoms with Gasteiger partial charge in [-0.3, -0.25) is 4.68 Å². The van der Waals surface area contributed by atoms with Gasteiger partial charge in [0.1, 0.15) is 17.8 Å². The van der Waals surface area contributed by atoms with Gasteiger partial charge in [-0.05, 0) is 24.6 Å². The van der Waals surface area contributed by atoms with Gasteiger partial charge in [-0.25, -0.2) is 4.98 Å². The number of methoxy groups -OCH3 is 2. The molecule has 10 heteroatoms. The number of imidazole rings is 1. The molecule has 0 atom stereocenters. The lowest BCUT2D eigenvalue weighted by Crippen LogP contribution is -2.03. The van der Waals surface area contributed by atoms with E-state index in [4.69, 9.17) is 23.8 Å². The Labute approximate surface area is 191 Å². The molecule has 5 rings (SSSR count). The van der Waals surface area contributed by atoms with E-state index >= 15 is 0 Å². The maximum Gasteiger partial charge on any atom is 0.229 e. The van der Waals surface area contributed by atoms with Gasteiger partial charge in [-0.2, -0.15) is 10.1 Å². The fraction of sp³-hybridized carbons (Fsp3) is 0.391. The van der Waals surface area contributed by atoms with Gasteiger partial charge in [0.05, 0.1) is 37.2 Å². The Morgan fingerprint density at radius 3 is 2.88 bits per heavy atom. The highest BCUT2D eigenvalue weighted by Crippen LogP contribution is 2.38. The third-order valence-electron chi connectivity index (χ3n) is 5.62. The van der Waals surface area contributed by atoms with Crippen LogP contribution in [0.1, 0.15) is 23.6 Å². The molecule has 0 unspecified atom stereocenters. The van der Waals surface area contributed by atoms with Crippen LogP contribution >= 0.6 is 0 Å². The Balaban J connectivity index is 1.44. The van der Waals surface area contributed by atoms with Crippen LogP contribution < -0.4 is 4.74 Å². The van der Waals surface area contributed by atoms with Crippen molar-refractivity contribution in [2.75, 3.05) is 34.0 Å². The summed E-state index contributed by atoms with van der Waals surface area (Å²) in [6, 6.07) is 5.97. The minimum absolute atomic E-state index is 0.473. The molecule has 0 saturated heterocycles. The Bertz CT molecular complexity index is 1260. The van der Waals surface area contributed by atoms with Crippen LogP contribution in [-0.4, -0.2) is 63.5 Å². The zero-order chi connectivity index (χ0) is 22.8. The first-order valence-corrected chi connectivity index (χ1v) is 10.8. The molecule has 33 heavy (non-hydrogen) atoms. The van der Waals surface area contributed by atoms with E-state index in [1.165, 1.54) is 0 Å². The third-order valence-corrected chi connectivity index (χ3v) is 5.62. The van der Waals surface area contributed by atoms with Crippen molar-refractivity contribution in [2.24, 2.45) is 7.05 Å². The predicted octanol–water partition coefficient (Wildman–Crippen LogP) is 2.83. The molecule has 4 heterocycles. The van der Waals surface area contributed by atoms with Gasteiger partial charge in [0, 0.05) is 51.1 Å². The number of nitrogens with zero attached hydrogens (tertiary/aromatic N) is 6. The average Bonchev–Trinajstić information content (AvgIpc) is 3.53. The zero-order valence-electron chi connectivity index (χ0n) is 18.9. The largest absolute Gasteiger partial charge is 0.497 e. The lowest BCUT2D eigenvalue weighted by atomic mass is 10.0. The van der Waals surface area contributed by atoms with Crippen molar-refractivity contribution in [3.8, 4) is 34.2 Å². The van der Waals surface area contributed by atoms with E-state index in [0.29, 0.717) is 50.1 Å². The van der Waals surface area contributed by atoms with Crippen molar-refractivity contribution in [3.63, 3.8) is 0 Å². The van der Waals surface area contributed by atoms with E-state index < -0.39 is 0 Å². The molecule has 1 aromatic carbocycles. The molecule has 4 aromatic rings. The predicted molar refractivity (Wildman–Crippen MR) is 119 cm³/mol. The smallest absolute Gasteiger partial charge is 0.229 e. The molecule has 1 aliphatic heterocycles. The number of aryl methyl sites for hydroxylation is 1. The summed E-state index contributed by atoms with van der Waals surface area (Å²) in [6.45, 7) is 1.84. The van der Waals surface area contributed by atoms with Gasteiger partial charge in [0.15, 0.2) is 0 Å². The number of aromatic nitrogens is 6. The number of fused-ring (bicyclic) bond motifs is 5. The number of hydrogen-bond acceptors (Lipinski definition) is 8. The van der Waals surface area contributed by atoms with Crippen LogP contribution in [0.4, 0.5) is 0 Å². The highest BCUT2D eigenvalue weighted by molar-refractivity contribution is 5.77. The summed E-state index contributed by atoms with van der Waals surface area (Å²) < 4.78 is 25.4. The minimum Gasteiger partial charge on any atom is -0.497 e. The Kier molecular flexibility index (Phi) is 5.93. The fourth-order valence-electron chi connectivity index (χ4n) is 4.07. The summed E-state index contributed by atoms with van der Waals surface area (Å²) in [4.78, 5) is 9.22. The maximum atomic E-state index is 5.60. The molecule has 0 radical (unpaired) electrons. The SMILES string of the molecule is COCCCOCCc1nc(-c2ncn3c2Cc2cn(C)nc2-c2cc(OC)ccc2-3)no1. The second kappa shape index (κ2) is 9.16. The first kappa shape index (κ1) is 21.4. The second-order valence-corrected chi connectivity index (χ2v) is 7.87. The van der Waals surface area contributed by atoms with E-state index in [1.54, 1.807) is 20.5 Å². The van der Waals surface area contributed by atoms with Gasteiger partial charge < -0.3 is 23.3 Å². The van der Waals surface area contributed by atoms with Gasteiger partial charge >= 0.3 is 0 Å². The molecule has 0 saturated carbocycles. The molecule has 0 aliphatic carbocycles. The lowest BCUT2D eigenvalue weighted by Gasteiger charge is -2.11. The first-order valence-electron chi connectivity index (χ1n) is 10.8. The van der Waals surface area contributed by atoms with Gasteiger partial charge in [0.25, 0.3) is 0 Å². The summed E-state index contributed by atoms with van der Waals surface area (Å²) >= 11 is 0. The van der Waals surface area contributed by atoms with Crippen LogP contribution in [0.3, 0.4) is 0 Å². The summed E-state index contributed by atoms with van der Waals surface area (Å²) in [5.74, 6) is 1.78.